The lowest BCUT2D eigenvalue weighted by Gasteiger charge is -2.46. The van der Waals surface area contributed by atoms with Crippen molar-refractivity contribution in [2.45, 2.75) is 26.2 Å². The predicted octanol–water partition coefficient (Wildman–Crippen LogP) is 11.3. The van der Waals surface area contributed by atoms with Crippen molar-refractivity contribution in [3.8, 4) is 22.3 Å². The van der Waals surface area contributed by atoms with Crippen molar-refractivity contribution < 1.29 is 4.42 Å². The summed E-state index contributed by atoms with van der Waals surface area (Å²) in [6, 6.07) is 57.6. The van der Waals surface area contributed by atoms with Crippen molar-refractivity contribution in [3.63, 3.8) is 0 Å². The van der Waals surface area contributed by atoms with Crippen LogP contribution >= 0.6 is 0 Å². The average molecular weight is 643 g/mol. The van der Waals surface area contributed by atoms with E-state index in [-0.39, 0.29) is 12.3 Å². The largest absolute Gasteiger partial charge is 0.456 e. The van der Waals surface area contributed by atoms with Crippen LogP contribution in [0.3, 0.4) is 0 Å². The van der Waals surface area contributed by atoms with Gasteiger partial charge in [-0.2, -0.15) is 0 Å². The maximum absolute atomic E-state index is 6.58. The van der Waals surface area contributed by atoms with E-state index in [0.717, 1.165) is 33.3 Å². The zero-order valence-corrected chi connectivity index (χ0v) is 28.4. The van der Waals surface area contributed by atoms with Crippen LogP contribution in [0.5, 0.6) is 0 Å². The number of furan rings is 1. The molecule has 3 heterocycles. The number of fused-ring (bicyclic) bond motifs is 7. The number of nitrogens with zero attached hydrogens (tertiary/aromatic N) is 2. The molecule has 50 heavy (non-hydrogen) atoms. The standard InChI is InChI=1S/C46H35BN2O/c1-46(2,3)31-24-26-32(27-25-31)48-40-21-11-9-19-38(40)47-45-35(18-13-22-41(45)48)33-16-7-10-20-39(33)49(47)42-29-44-37(34-17-8-12-23-43(34)50-44)28-36(42)30-14-5-4-6-15-30/h4-29H,1-3H3. The summed E-state index contributed by atoms with van der Waals surface area (Å²) in [6.07, 6.45) is 0. The van der Waals surface area contributed by atoms with Crippen LogP contribution in [0.1, 0.15) is 26.3 Å². The molecule has 0 atom stereocenters. The van der Waals surface area contributed by atoms with Crippen LogP contribution in [0, 0.1) is 0 Å². The van der Waals surface area contributed by atoms with Crippen LogP contribution in [-0.2, 0) is 5.41 Å². The number of benzene rings is 7. The Kier molecular flexibility index (Phi) is 6.23. The highest BCUT2D eigenvalue weighted by Gasteiger charge is 2.45. The molecular formula is C46H35BN2O. The monoisotopic (exact) mass is 642 g/mol. The van der Waals surface area contributed by atoms with E-state index in [2.05, 4.69) is 182 Å². The summed E-state index contributed by atoms with van der Waals surface area (Å²) in [5.74, 6) is 0. The van der Waals surface area contributed by atoms with E-state index in [0.29, 0.717) is 0 Å². The molecule has 2 aliphatic rings. The van der Waals surface area contributed by atoms with Gasteiger partial charge < -0.3 is 14.1 Å². The van der Waals surface area contributed by atoms with Crippen LogP contribution in [0.15, 0.2) is 162 Å². The topological polar surface area (TPSA) is 19.6 Å². The molecule has 10 rings (SSSR count). The number of hydrogen-bond acceptors (Lipinski definition) is 3. The first-order chi connectivity index (χ1) is 24.5. The third kappa shape index (κ3) is 4.24. The van der Waals surface area contributed by atoms with Gasteiger partial charge in [0.15, 0.2) is 0 Å². The molecule has 1 aromatic heterocycles. The number of hydrogen-bond donors (Lipinski definition) is 0. The van der Waals surface area contributed by atoms with Gasteiger partial charge in [-0.05, 0) is 75.5 Å². The van der Waals surface area contributed by atoms with Gasteiger partial charge in [0.1, 0.15) is 11.2 Å². The maximum atomic E-state index is 6.58. The molecule has 7 aromatic carbocycles. The van der Waals surface area contributed by atoms with Crippen molar-refractivity contribution in [3.05, 3.63) is 163 Å². The van der Waals surface area contributed by atoms with Crippen LogP contribution in [0.2, 0.25) is 0 Å². The second kappa shape index (κ2) is 10.8. The molecule has 0 amide bonds. The number of anilines is 5. The SMILES string of the molecule is CC(C)(C)c1ccc(N2c3ccccc3B3c4c(cccc42)-c2ccccc2N3c2cc3oc4ccccc4c3cc2-c2ccccc2)cc1. The molecule has 0 radical (unpaired) electrons. The van der Waals surface area contributed by atoms with Gasteiger partial charge in [0, 0.05) is 56.4 Å². The lowest BCUT2D eigenvalue weighted by atomic mass is 9.43. The van der Waals surface area contributed by atoms with E-state index < -0.39 is 0 Å². The van der Waals surface area contributed by atoms with E-state index in [9.17, 15) is 0 Å². The third-order valence-electron chi connectivity index (χ3n) is 10.6. The van der Waals surface area contributed by atoms with E-state index in [4.69, 9.17) is 4.42 Å². The van der Waals surface area contributed by atoms with Gasteiger partial charge in [-0.25, -0.2) is 0 Å². The van der Waals surface area contributed by atoms with E-state index in [1.165, 1.54) is 55.8 Å². The van der Waals surface area contributed by atoms with Gasteiger partial charge in [-0.3, -0.25) is 0 Å². The van der Waals surface area contributed by atoms with Gasteiger partial charge in [0.05, 0.1) is 0 Å². The minimum atomic E-state index is -0.0679. The fourth-order valence-electron chi connectivity index (χ4n) is 8.26. The molecule has 0 unspecified atom stereocenters. The Morgan fingerprint density at radius 1 is 0.500 bits per heavy atom. The smallest absolute Gasteiger partial charge is 0.333 e. The molecule has 2 aliphatic heterocycles. The molecule has 8 aromatic rings. The summed E-state index contributed by atoms with van der Waals surface area (Å²) in [5.41, 5.74) is 16.5. The molecule has 0 saturated heterocycles. The Labute approximate surface area is 293 Å². The highest BCUT2D eigenvalue weighted by molar-refractivity contribution is 6.93. The van der Waals surface area contributed by atoms with Crippen LogP contribution in [-0.4, -0.2) is 6.85 Å². The Bertz CT molecular complexity index is 2600. The minimum Gasteiger partial charge on any atom is -0.456 e. The molecule has 4 heteroatoms. The van der Waals surface area contributed by atoms with E-state index in [1.807, 2.05) is 6.07 Å². The molecule has 0 aliphatic carbocycles. The quantitative estimate of drug-likeness (QED) is 0.179. The highest BCUT2D eigenvalue weighted by atomic mass is 16.3. The first-order valence-electron chi connectivity index (χ1n) is 17.5. The third-order valence-corrected chi connectivity index (χ3v) is 10.6. The van der Waals surface area contributed by atoms with Gasteiger partial charge in [0.2, 0.25) is 0 Å². The number of rotatable bonds is 3. The fourth-order valence-corrected chi connectivity index (χ4v) is 8.26. The van der Waals surface area contributed by atoms with E-state index >= 15 is 0 Å². The van der Waals surface area contributed by atoms with Crippen LogP contribution < -0.4 is 20.6 Å². The summed E-state index contributed by atoms with van der Waals surface area (Å²) in [4.78, 5) is 5.04. The van der Waals surface area contributed by atoms with Gasteiger partial charge in [0.25, 0.3) is 0 Å². The Hall–Kier alpha value is -6.00. The normalized spacial score (nSPS) is 13.4. The Morgan fingerprint density at radius 2 is 1.18 bits per heavy atom. The highest BCUT2D eigenvalue weighted by Crippen LogP contribution is 2.49. The summed E-state index contributed by atoms with van der Waals surface area (Å²) in [5, 5.41) is 2.26. The maximum Gasteiger partial charge on any atom is 0.333 e. The Morgan fingerprint density at radius 3 is 2.00 bits per heavy atom. The van der Waals surface area contributed by atoms with Crippen molar-refractivity contribution >= 4 is 68.1 Å². The second-order valence-corrected chi connectivity index (χ2v) is 14.5. The first-order valence-corrected chi connectivity index (χ1v) is 17.5. The van der Waals surface area contributed by atoms with Crippen LogP contribution in [0.25, 0.3) is 44.2 Å². The molecule has 0 fully saturated rings. The summed E-state index contributed by atoms with van der Waals surface area (Å²) in [7, 11) is 0. The molecule has 0 N–H and O–H groups in total. The molecule has 3 nitrogen and oxygen atoms in total. The van der Waals surface area contributed by atoms with Crippen LogP contribution in [0.4, 0.5) is 28.4 Å². The van der Waals surface area contributed by atoms with Crippen molar-refractivity contribution in [2.75, 3.05) is 9.71 Å². The molecule has 0 spiro atoms. The molecule has 0 saturated carbocycles. The van der Waals surface area contributed by atoms with Gasteiger partial charge in [-0.1, -0.05) is 130 Å². The minimum absolute atomic E-state index is 0.0679. The summed E-state index contributed by atoms with van der Waals surface area (Å²) >= 11 is 0. The lowest BCUT2D eigenvalue weighted by molar-refractivity contribution is 0.590. The lowest BCUT2D eigenvalue weighted by Crippen LogP contribution is -2.61. The van der Waals surface area contributed by atoms with Crippen molar-refractivity contribution in [1.29, 1.82) is 0 Å². The zero-order chi connectivity index (χ0) is 33.6. The van der Waals surface area contributed by atoms with Gasteiger partial charge in [-0.15, -0.1) is 0 Å². The second-order valence-electron chi connectivity index (χ2n) is 14.5. The van der Waals surface area contributed by atoms with E-state index in [1.54, 1.807) is 0 Å². The van der Waals surface area contributed by atoms with Gasteiger partial charge >= 0.3 is 6.85 Å². The zero-order valence-electron chi connectivity index (χ0n) is 28.4. The average Bonchev–Trinajstić information content (AvgIpc) is 3.52. The fraction of sp³-hybridized carbons (Fsp3) is 0.0870. The van der Waals surface area contributed by atoms with Crippen molar-refractivity contribution in [2.24, 2.45) is 0 Å². The summed E-state index contributed by atoms with van der Waals surface area (Å²) < 4.78 is 6.58. The first kappa shape index (κ1) is 29.0. The molecule has 238 valence electrons. The van der Waals surface area contributed by atoms with Crippen molar-refractivity contribution in [1.82, 2.24) is 0 Å². The summed E-state index contributed by atoms with van der Waals surface area (Å²) in [6.45, 7) is 6.75. The predicted molar refractivity (Wildman–Crippen MR) is 212 cm³/mol. The number of para-hydroxylation sites is 3. The Balaban J connectivity index is 1.27. The molecule has 0 bridgehead atoms. The molecular weight excluding hydrogens is 607 g/mol.